The molecule has 7 nitrogen and oxygen atoms in total. The van der Waals surface area contributed by atoms with Gasteiger partial charge in [-0.15, -0.1) is 0 Å². The number of nitrogens with one attached hydrogen (secondary N) is 2. The van der Waals surface area contributed by atoms with E-state index in [1.165, 1.54) is 19.5 Å². The number of aliphatic hydroxyl groups is 1. The number of hydrogen-bond donors (Lipinski definition) is 3. The summed E-state index contributed by atoms with van der Waals surface area (Å²) in [5.74, 6) is -0.799. The van der Waals surface area contributed by atoms with Crippen molar-refractivity contribution in [3.05, 3.63) is 48.3 Å². The Labute approximate surface area is 120 Å². The van der Waals surface area contributed by atoms with Crippen molar-refractivity contribution < 1.29 is 23.5 Å². The van der Waals surface area contributed by atoms with E-state index in [0.717, 1.165) is 0 Å². The van der Waals surface area contributed by atoms with Crippen molar-refractivity contribution >= 4 is 11.8 Å². The number of amides is 2. The highest BCUT2D eigenvalue weighted by molar-refractivity contribution is 6.35. The minimum absolute atomic E-state index is 0.119. The highest BCUT2D eigenvalue weighted by Gasteiger charge is 2.27. The molecule has 0 aliphatic heterocycles. The van der Waals surface area contributed by atoms with Gasteiger partial charge in [-0.3, -0.25) is 9.59 Å². The fraction of sp³-hybridized carbons (Fsp3) is 0.286. The quantitative estimate of drug-likeness (QED) is 0.697. The molecule has 1 unspecified atom stereocenters. The van der Waals surface area contributed by atoms with E-state index >= 15 is 0 Å². The molecule has 21 heavy (non-hydrogen) atoms. The third-order valence-corrected chi connectivity index (χ3v) is 2.85. The van der Waals surface area contributed by atoms with Gasteiger partial charge in [0.15, 0.2) is 0 Å². The van der Waals surface area contributed by atoms with Crippen LogP contribution in [0.3, 0.4) is 0 Å². The van der Waals surface area contributed by atoms with Crippen LogP contribution in [0.5, 0.6) is 0 Å². The Balaban J connectivity index is 1.80. The lowest BCUT2D eigenvalue weighted by molar-refractivity contribution is -0.140. The molecule has 112 valence electrons. The third kappa shape index (κ3) is 3.96. The first-order valence-corrected chi connectivity index (χ1v) is 6.34. The van der Waals surface area contributed by atoms with Crippen molar-refractivity contribution in [3.63, 3.8) is 0 Å². The first-order valence-electron chi connectivity index (χ1n) is 6.34. The van der Waals surface area contributed by atoms with Gasteiger partial charge in [0.1, 0.15) is 17.1 Å². The molecule has 0 saturated carbocycles. The second kappa shape index (κ2) is 6.27. The average Bonchev–Trinajstić information content (AvgIpc) is 3.14. The van der Waals surface area contributed by atoms with E-state index in [1.807, 2.05) is 0 Å². The number of furan rings is 2. The summed E-state index contributed by atoms with van der Waals surface area (Å²) < 4.78 is 10.1. The second-order valence-electron chi connectivity index (χ2n) is 4.70. The maximum atomic E-state index is 11.6. The minimum atomic E-state index is -1.39. The van der Waals surface area contributed by atoms with E-state index < -0.39 is 17.4 Å². The maximum absolute atomic E-state index is 11.6. The second-order valence-corrected chi connectivity index (χ2v) is 4.70. The highest BCUT2D eigenvalue weighted by Crippen LogP contribution is 2.19. The van der Waals surface area contributed by atoms with Gasteiger partial charge in [0, 0.05) is 0 Å². The van der Waals surface area contributed by atoms with Gasteiger partial charge in [0.2, 0.25) is 0 Å². The Morgan fingerprint density at radius 1 is 1.14 bits per heavy atom. The normalized spacial score (nSPS) is 13.4. The number of hydrogen-bond acceptors (Lipinski definition) is 5. The summed E-state index contributed by atoms with van der Waals surface area (Å²) in [6.07, 6.45) is 2.89. The molecule has 2 aromatic heterocycles. The van der Waals surface area contributed by atoms with Crippen LogP contribution in [0.1, 0.15) is 18.4 Å². The predicted molar refractivity (Wildman–Crippen MR) is 71.8 cm³/mol. The zero-order valence-corrected chi connectivity index (χ0v) is 11.5. The van der Waals surface area contributed by atoms with Crippen molar-refractivity contribution in [3.8, 4) is 0 Å². The molecule has 0 aliphatic carbocycles. The van der Waals surface area contributed by atoms with E-state index in [0.29, 0.717) is 11.5 Å². The molecular formula is C14H16N2O5. The summed E-state index contributed by atoms with van der Waals surface area (Å²) in [6, 6.07) is 6.58. The summed E-state index contributed by atoms with van der Waals surface area (Å²) in [7, 11) is 0. The third-order valence-electron chi connectivity index (χ3n) is 2.85. The van der Waals surface area contributed by atoms with Crippen LogP contribution in [0.4, 0.5) is 0 Å². The van der Waals surface area contributed by atoms with Gasteiger partial charge < -0.3 is 24.6 Å². The molecule has 0 aromatic carbocycles. The van der Waals surface area contributed by atoms with E-state index in [9.17, 15) is 14.7 Å². The Morgan fingerprint density at radius 3 is 2.43 bits per heavy atom. The van der Waals surface area contributed by atoms with Crippen LogP contribution in [-0.2, 0) is 21.7 Å². The van der Waals surface area contributed by atoms with E-state index in [-0.39, 0.29) is 13.1 Å². The maximum Gasteiger partial charge on any atom is 0.309 e. The minimum Gasteiger partial charge on any atom is -0.467 e. The van der Waals surface area contributed by atoms with Crippen molar-refractivity contribution in [1.29, 1.82) is 0 Å². The molecule has 0 bridgehead atoms. The molecule has 3 N–H and O–H groups in total. The van der Waals surface area contributed by atoms with E-state index in [1.54, 1.807) is 24.3 Å². The Bertz CT molecular complexity index is 587. The standard InChI is InChI=1S/C14H16N2O5/c1-14(19,11-5-3-7-21-11)9-16-13(18)12(17)15-8-10-4-2-6-20-10/h2-7,19H,8-9H2,1H3,(H,15,17)(H,16,18). The van der Waals surface area contributed by atoms with Gasteiger partial charge in [0.05, 0.1) is 25.6 Å². The van der Waals surface area contributed by atoms with Gasteiger partial charge in [0.25, 0.3) is 0 Å². The molecule has 7 heteroatoms. The van der Waals surface area contributed by atoms with Gasteiger partial charge in [-0.1, -0.05) is 0 Å². The Morgan fingerprint density at radius 2 is 1.81 bits per heavy atom. The molecule has 2 heterocycles. The molecule has 0 saturated heterocycles. The molecule has 0 radical (unpaired) electrons. The zero-order chi connectivity index (χ0) is 15.3. The lowest BCUT2D eigenvalue weighted by atomic mass is 10.0. The van der Waals surface area contributed by atoms with Crippen molar-refractivity contribution in [2.24, 2.45) is 0 Å². The average molecular weight is 292 g/mol. The predicted octanol–water partition coefficient (Wildman–Crippen LogP) is 0.513. The van der Waals surface area contributed by atoms with Crippen LogP contribution < -0.4 is 10.6 Å². The SMILES string of the molecule is CC(O)(CNC(=O)C(=O)NCc1ccco1)c1ccco1. The highest BCUT2D eigenvalue weighted by atomic mass is 16.4. The van der Waals surface area contributed by atoms with Gasteiger partial charge in [-0.2, -0.15) is 0 Å². The number of carbonyl (C=O) groups is 2. The summed E-state index contributed by atoms with van der Waals surface area (Å²) in [5.41, 5.74) is -1.39. The molecule has 0 aliphatic rings. The summed E-state index contributed by atoms with van der Waals surface area (Å²) in [5, 5.41) is 14.9. The fourth-order valence-electron chi connectivity index (χ4n) is 1.67. The van der Waals surface area contributed by atoms with Crippen LogP contribution in [0.25, 0.3) is 0 Å². The summed E-state index contributed by atoms with van der Waals surface area (Å²) >= 11 is 0. The van der Waals surface area contributed by atoms with Crippen molar-refractivity contribution in [2.45, 2.75) is 19.1 Å². The molecule has 2 amide bonds. The van der Waals surface area contributed by atoms with Crippen LogP contribution in [0.2, 0.25) is 0 Å². The zero-order valence-electron chi connectivity index (χ0n) is 11.5. The van der Waals surface area contributed by atoms with Gasteiger partial charge >= 0.3 is 11.8 Å². The molecular weight excluding hydrogens is 276 g/mol. The van der Waals surface area contributed by atoms with Crippen LogP contribution in [-0.4, -0.2) is 23.5 Å². The van der Waals surface area contributed by atoms with Crippen LogP contribution >= 0.6 is 0 Å². The van der Waals surface area contributed by atoms with Crippen molar-refractivity contribution in [2.75, 3.05) is 6.54 Å². The molecule has 1 atom stereocenters. The van der Waals surface area contributed by atoms with Gasteiger partial charge in [-0.25, -0.2) is 0 Å². The Kier molecular flexibility index (Phi) is 4.44. The first-order chi connectivity index (χ1) is 9.99. The van der Waals surface area contributed by atoms with E-state index in [2.05, 4.69) is 10.6 Å². The molecule has 2 rings (SSSR count). The van der Waals surface area contributed by atoms with Gasteiger partial charge in [-0.05, 0) is 31.2 Å². The largest absolute Gasteiger partial charge is 0.467 e. The van der Waals surface area contributed by atoms with E-state index in [4.69, 9.17) is 8.83 Å². The summed E-state index contributed by atoms with van der Waals surface area (Å²) in [4.78, 5) is 23.2. The Hall–Kier alpha value is -2.54. The molecule has 0 spiro atoms. The first kappa shape index (κ1) is 14.9. The summed E-state index contributed by atoms with van der Waals surface area (Å²) in [6.45, 7) is 1.45. The fourth-order valence-corrected chi connectivity index (χ4v) is 1.67. The smallest absolute Gasteiger partial charge is 0.309 e. The van der Waals surface area contributed by atoms with Crippen LogP contribution in [0.15, 0.2) is 45.6 Å². The lowest BCUT2D eigenvalue weighted by Crippen LogP contribution is -2.45. The lowest BCUT2D eigenvalue weighted by Gasteiger charge is -2.20. The topological polar surface area (TPSA) is 105 Å². The molecule has 0 fully saturated rings. The number of carbonyl (C=O) groups excluding carboxylic acids is 2. The number of rotatable bonds is 5. The van der Waals surface area contributed by atoms with Crippen LogP contribution in [0, 0.1) is 0 Å². The molecule has 2 aromatic rings. The van der Waals surface area contributed by atoms with Crippen molar-refractivity contribution in [1.82, 2.24) is 10.6 Å². The monoisotopic (exact) mass is 292 g/mol.